The number of hydrogen-bond donors (Lipinski definition) is 3. The van der Waals surface area contributed by atoms with Gasteiger partial charge in [0.1, 0.15) is 0 Å². The topological polar surface area (TPSA) is 112 Å². The maximum absolute atomic E-state index is 10.6. The fourth-order valence-electron chi connectivity index (χ4n) is 1.10. The maximum Gasteiger partial charge on any atom is 0.335 e. The van der Waals surface area contributed by atoms with Crippen LogP contribution in [0, 0.1) is 6.92 Å². The van der Waals surface area contributed by atoms with Crippen LogP contribution in [0.2, 0.25) is 0 Å². The molecule has 0 unspecified atom stereocenters. The number of aliphatic carboxylic acids is 1. The molecule has 3 N–H and O–H groups in total. The zero-order valence-electron chi connectivity index (χ0n) is 9.30. The molecule has 0 spiro atoms. The lowest BCUT2D eigenvalue weighted by Crippen LogP contribution is -2.06. The van der Waals surface area contributed by atoms with Crippen LogP contribution in [0.25, 0.3) is 0 Å². The molecular weight excluding hydrogens is 228 g/mol. The van der Waals surface area contributed by atoms with Gasteiger partial charge in [-0.3, -0.25) is 4.79 Å². The molecule has 0 fully saturated rings. The van der Waals surface area contributed by atoms with E-state index in [9.17, 15) is 9.59 Å². The lowest BCUT2D eigenvalue weighted by atomic mass is 10.0. The second kappa shape index (κ2) is 6.26. The molecule has 0 aliphatic rings. The Morgan fingerprint density at radius 2 is 1.24 bits per heavy atom. The van der Waals surface area contributed by atoms with Crippen LogP contribution in [0.4, 0.5) is 0 Å². The highest BCUT2D eigenvalue weighted by molar-refractivity contribution is 5.96. The van der Waals surface area contributed by atoms with Crippen molar-refractivity contribution in [2.75, 3.05) is 0 Å². The maximum atomic E-state index is 10.6. The summed E-state index contributed by atoms with van der Waals surface area (Å²) in [5, 5.41) is 24.8. The summed E-state index contributed by atoms with van der Waals surface area (Å²) in [6.07, 6.45) is 0. The second-order valence-electron chi connectivity index (χ2n) is 3.11. The van der Waals surface area contributed by atoms with Gasteiger partial charge in [0.2, 0.25) is 0 Å². The van der Waals surface area contributed by atoms with Gasteiger partial charge >= 0.3 is 11.9 Å². The van der Waals surface area contributed by atoms with E-state index in [-0.39, 0.29) is 16.7 Å². The van der Waals surface area contributed by atoms with Crippen molar-refractivity contribution in [2.45, 2.75) is 13.8 Å². The quantitative estimate of drug-likeness (QED) is 0.721. The van der Waals surface area contributed by atoms with Gasteiger partial charge in [-0.15, -0.1) is 0 Å². The van der Waals surface area contributed by atoms with Crippen molar-refractivity contribution in [3.63, 3.8) is 0 Å². The number of carboxylic acid groups (broad SMARTS) is 3. The number of carbonyl (C=O) groups is 3. The molecule has 0 amide bonds. The SMILES string of the molecule is CC(=O)O.Cc1c(C(=O)O)cccc1C(=O)O. The molecule has 0 saturated heterocycles. The van der Waals surface area contributed by atoms with Gasteiger partial charge in [0.15, 0.2) is 0 Å². The molecule has 0 radical (unpaired) electrons. The highest BCUT2D eigenvalue weighted by Gasteiger charge is 2.13. The van der Waals surface area contributed by atoms with Crippen LogP contribution < -0.4 is 0 Å². The summed E-state index contributed by atoms with van der Waals surface area (Å²) >= 11 is 0. The van der Waals surface area contributed by atoms with Gasteiger partial charge in [0.25, 0.3) is 5.97 Å². The summed E-state index contributed by atoms with van der Waals surface area (Å²) in [5.74, 6) is -3.05. The highest BCUT2D eigenvalue weighted by Crippen LogP contribution is 2.13. The molecule has 6 nitrogen and oxygen atoms in total. The van der Waals surface area contributed by atoms with Crippen molar-refractivity contribution >= 4 is 17.9 Å². The van der Waals surface area contributed by atoms with Crippen molar-refractivity contribution in [3.05, 3.63) is 34.9 Å². The van der Waals surface area contributed by atoms with E-state index in [4.69, 9.17) is 20.1 Å². The minimum absolute atomic E-state index is 0.0277. The Labute approximate surface area is 97.1 Å². The molecular formula is C11H12O6. The molecule has 0 aromatic heterocycles. The Morgan fingerprint density at radius 1 is 0.941 bits per heavy atom. The summed E-state index contributed by atoms with van der Waals surface area (Å²) in [6.45, 7) is 2.56. The van der Waals surface area contributed by atoms with Crippen LogP contribution in [-0.2, 0) is 4.79 Å². The number of hydrogen-bond acceptors (Lipinski definition) is 3. The standard InChI is InChI=1S/C9H8O4.C2H4O2/c1-5-6(8(10)11)3-2-4-7(5)9(12)13;1-2(3)4/h2-4H,1H3,(H,10,11)(H,12,13);1H3,(H,3,4). The Hall–Kier alpha value is -2.37. The van der Waals surface area contributed by atoms with Crippen molar-refractivity contribution in [1.29, 1.82) is 0 Å². The fourth-order valence-corrected chi connectivity index (χ4v) is 1.10. The Bertz CT molecular complexity index is 413. The molecule has 0 aliphatic heterocycles. The fraction of sp³-hybridized carbons (Fsp3) is 0.182. The smallest absolute Gasteiger partial charge is 0.335 e. The van der Waals surface area contributed by atoms with E-state index in [1.807, 2.05) is 0 Å². The summed E-state index contributed by atoms with van der Waals surface area (Å²) in [7, 11) is 0. The first kappa shape index (κ1) is 14.6. The van der Waals surface area contributed by atoms with Crippen LogP contribution in [0.15, 0.2) is 18.2 Å². The second-order valence-corrected chi connectivity index (χ2v) is 3.11. The minimum atomic E-state index is -1.11. The largest absolute Gasteiger partial charge is 0.481 e. The molecule has 0 aliphatic carbocycles. The zero-order valence-corrected chi connectivity index (χ0v) is 9.30. The van der Waals surface area contributed by atoms with Crippen molar-refractivity contribution < 1.29 is 29.7 Å². The van der Waals surface area contributed by atoms with Crippen molar-refractivity contribution in [2.24, 2.45) is 0 Å². The first-order valence-electron chi connectivity index (χ1n) is 4.53. The van der Waals surface area contributed by atoms with Crippen LogP contribution in [0.1, 0.15) is 33.2 Å². The molecule has 1 aromatic rings. The van der Waals surface area contributed by atoms with E-state index in [1.165, 1.54) is 25.1 Å². The first-order chi connectivity index (χ1) is 7.77. The van der Waals surface area contributed by atoms with Gasteiger partial charge in [-0.2, -0.15) is 0 Å². The molecule has 1 rings (SSSR count). The molecule has 1 aromatic carbocycles. The summed E-state index contributed by atoms with van der Waals surface area (Å²) in [6, 6.07) is 4.17. The number of aromatic carboxylic acids is 2. The van der Waals surface area contributed by atoms with Crippen LogP contribution in [0.5, 0.6) is 0 Å². The zero-order chi connectivity index (χ0) is 13.6. The Balaban J connectivity index is 0.000000557. The van der Waals surface area contributed by atoms with Crippen LogP contribution in [0.3, 0.4) is 0 Å². The van der Waals surface area contributed by atoms with E-state index in [0.29, 0.717) is 0 Å². The predicted molar refractivity (Wildman–Crippen MR) is 58.4 cm³/mol. The molecule has 6 heteroatoms. The van der Waals surface area contributed by atoms with E-state index in [1.54, 1.807) is 0 Å². The molecule has 0 heterocycles. The van der Waals surface area contributed by atoms with Crippen LogP contribution >= 0.6 is 0 Å². The third-order valence-electron chi connectivity index (χ3n) is 1.79. The number of benzene rings is 1. The molecule has 0 atom stereocenters. The molecule has 17 heavy (non-hydrogen) atoms. The van der Waals surface area contributed by atoms with Gasteiger partial charge in [0, 0.05) is 6.92 Å². The van der Waals surface area contributed by atoms with Crippen molar-refractivity contribution in [3.8, 4) is 0 Å². The average Bonchev–Trinajstić information content (AvgIpc) is 2.15. The summed E-state index contributed by atoms with van der Waals surface area (Å²) < 4.78 is 0. The Kier molecular flexibility index (Phi) is 5.39. The number of carboxylic acids is 3. The van der Waals surface area contributed by atoms with Gasteiger partial charge < -0.3 is 15.3 Å². The monoisotopic (exact) mass is 240 g/mol. The molecule has 92 valence electrons. The van der Waals surface area contributed by atoms with Gasteiger partial charge in [0.05, 0.1) is 11.1 Å². The highest BCUT2D eigenvalue weighted by atomic mass is 16.4. The normalized spacial score (nSPS) is 8.82. The van der Waals surface area contributed by atoms with Crippen LogP contribution in [-0.4, -0.2) is 33.2 Å². The lowest BCUT2D eigenvalue weighted by Gasteiger charge is -2.03. The number of rotatable bonds is 2. The Morgan fingerprint density at radius 3 is 1.47 bits per heavy atom. The van der Waals surface area contributed by atoms with E-state index < -0.39 is 17.9 Å². The third-order valence-corrected chi connectivity index (χ3v) is 1.79. The van der Waals surface area contributed by atoms with Gasteiger partial charge in [-0.05, 0) is 24.6 Å². The summed E-state index contributed by atoms with van der Waals surface area (Å²) in [5.41, 5.74) is 0.335. The average molecular weight is 240 g/mol. The van der Waals surface area contributed by atoms with Gasteiger partial charge in [-0.25, -0.2) is 9.59 Å². The summed E-state index contributed by atoms with van der Waals surface area (Å²) in [4.78, 5) is 30.2. The molecule has 0 saturated carbocycles. The minimum Gasteiger partial charge on any atom is -0.481 e. The molecule has 0 bridgehead atoms. The first-order valence-corrected chi connectivity index (χ1v) is 4.53. The van der Waals surface area contributed by atoms with Gasteiger partial charge in [-0.1, -0.05) is 6.07 Å². The van der Waals surface area contributed by atoms with Crippen molar-refractivity contribution in [1.82, 2.24) is 0 Å². The van der Waals surface area contributed by atoms with E-state index in [2.05, 4.69) is 0 Å². The predicted octanol–water partition coefficient (Wildman–Crippen LogP) is 1.48. The lowest BCUT2D eigenvalue weighted by molar-refractivity contribution is -0.134. The van der Waals surface area contributed by atoms with E-state index in [0.717, 1.165) is 6.92 Å². The van der Waals surface area contributed by atoms with E-state index >= 15 is 0 Å². The third kappa shape index (κ3) is 4.78.